The van der Waals surface area contributed by atoms with E-state index in [1.165, 1.54) is 11.8 Å². The van der Waals surface area contributed by atoms with Crippen LogP contribution in [0.25, 0.3) is 11.3 Å². The lowest BCUT2D eigenvalue weighted by molar-refractivity contribution is -0.119. The van der Waals surface area contributed by atoms with Crippen molar-refractivity contribution in [2.45, 2.75) is 17.6 Å². The van der Waals surface area contributed by atoms with Crippen LogP contribution < -0.4 is 10.2 Å². The molecule has 8 heteroatoms. The van der Waals surface area contributed by atoms with E-state index in [9.17, 15) is 4.79 Å². The van der Waals surface area contributed by atoms with Crippen LogP contribution in [-0.4, -0.2) is 50.3 Å². The first-order valence-electron chi connectivity index (χ1n) is 9.22. The fraction of sp³-hybridized carbons (Fsp3) is 0.300. The van der Waals surface area contributed by atoms with Crippen molar-refractivity contribution in [2.24, 2.45) is 7.05 Å². The Morgan fingerprint density at radius 3 is 2.86 bits per heavy atom. The molecule has 1 fully saturated rings. The van der Waals surface area contributed by atoms with E-state index in [-0.39, 0.29) is 11.9 Å². The van der Waals surface area contributed by atoms with Gasteiger partial charge in [0.15, 0.2) is 5.16 Å². The predicted octanol–water partition coefficient (Wildman–Crippen LogP) is 2.36. The van der Waals surface area contributed by atoms with Gasteiger partial charge >= 0.3 is 0 Å². The molecule has 0 radical (unpaired) electrons. The van der Waals surface area contributed by atoms with Gasteiger partial charge in [0.1, 0.15) is 0 Å². The molecule has 2 aromatic heterocycles. The van der Waals surface area contributed by atoms with Gasteiger partial charge in [0, 0.05) is 50.3 Å². The van der Waals surface area contributed by atoms with Crippen molar-refractivity contribution in [1.29, 1.82) is 0 Å². The molecule has 0 spiro atoms. The number of anilines is 1. The number of hydrogen-bond acceptors (Lipinski definition) is 6. The van der Waals surface area contributed by atoms with E-state index >= 15 is 0 Å². The van der Waals surface area contributed by atoms with Crippen molar-refractivity contribution >= 4 is 23.6 Å². The third kappa shape index (κ3) is 4.33. The minimum atomic E-state index is 0.0267. The first-order valence-corrected chi connectivity index (χ1v) is 10.2. The summed E-state index contributed by atoms with van der Waals surface area (Å²) in [5.74, 6) is 1.10. The first-order chi connectivity index (χ1) is 13.7. The largest absolute Gasteiger partial charge is 0.351 e. The Labute approximate surface area is 168 Å². The smallest absolute Gasteiger partial charge is 0.230 e. The molecular weight excluding hydrogens is 372 g/mol. The summed E-state index contributed by atoms with van der Waals surface area (Å²) in [5.41, 5.74) is 1.98. The fourth-order valence-corrected chi connectivity index (χ4v) is 3.96. The Hall–Kier alpha value is -2.87. The number of imidazole rings is 1. The van der Waals surface area contributed by atoms with Crippen LogP contribution in [0.3, 0.4) is 0 Å². The zero-order valence-electron chi connectivity index (χ0n) is 15.7. The third-order valence-electron chi connectivity index (χ3n) is 4.66. The molecule has 3 heterocycles. The van der Waals surface area contributed by atoms with Crippen molar-refractivity contribution in [3.05, 3.63) is 55.0 Å². The van der Waals surface area contributed by atoms with E-state index in [1.807, 2.05) is 54.2 Å². The van der Waals surface area contributed by atoms with Gasteiger partial charge in [-0.15, -0.1) is 0 Å². The monoisotopic (exact) mass is 394 g/mol. The highest BCUT2D eigenvalue weighted by molar-refractivity contribution is 7.99. The average Bonchev–Trinajstić information content (AvgIpc) is 3.36. The molecule has 1 aliphatic heterocycles. The lowest BCUT2D eigenvalue weighted by Gasteiger charge is -2.17. The van der Waals surface area contributed by atoms with Gasteiger partial charge in [-0.25, -0.2) is 15.0 Å². The van der Waals surface area contributed by atoms with Crippen LogP contribution in [0.15, 0.2) is 60.1 Å². The first kappa shape index (κ1) is 18.5. The summed E-state index contributed by atoms with van der Waals surface area (Å²) in [7, 11) is 1.92. The number of benzene rings is 1. The highest BCUT2D eigenvalue weighted by Crippen LogP contribution is 2.21. The number of carbonyl (C=O) groups excluding carboxylic acids is 1. The zero-order chi connectivity index (χ0) is 19.3. The molecule has 1 N–H and O–H groups in total. The third-order valence-corrected chi connectivity index (χ3v) is 5.72. The molecule has 1 unspecified atom stereocenters. The van der Waals surface area contributed by atoms with E-state index in [0.717, 1.165) is 35.9 Å². The summed E-state index contributed by atoms with van der Waals surface area (Å²) < 4.78 is 1.91. The second-order valence-electron chi connectivity index (χ2n) is 6.72. The summed E-state index contributed by atoms with van der Waals surface area (Å²) in [6, 6.07) is 12.1. The minimum Gasteiger partial charge on any atom is -0.351 e. The fourth-order valence-electron chi connectivity index (χ4n) is 3.22. The molecule has 3 aromatic rings. The van der Waals surface area contributed by atoms with Gasteiger partial charge in [0.05, 0.1) is 11.4 Å². The van der Waals surface area contributed by atoms with Crippen molar-refractivity contribution < 1.29 is 4.79 Å². The van der Waals surface area contributed by atoms with Crippen LogP contribution in [0.1, 0.15) is 6.42 Å². The topological polar surface area (TPSA) is 75.9 Å². The lowest BCUT2D eigenvalue weighted by Crippen LogP contribution is -2.38. The summed E-state index contributed by atoms with van der Waals surface area (Å²) in [5, 5.41) is 3.95. The van der Waals surface area contributed by atoms with Gasteiger partial charge in [0.25, 0.3) is 0 Å². The Morgan fingerprint density at radius 2 is 2.07 bits per heavy atom. The number of amides is 1. The SMILES string of the molecule is Cn1ccnc1SCC(=O)NC1CCN(c2nccc(-c3ccccc3)n2)C1. The highest BCUT2D eigenvalue weighted by atomic mass is 32.2. The summed E-state index contributed by atoms with van der Waals surface area (Å²) in [6.45, 7) is 1.55. The van der Waals surface area contributed by atoms with Crippen LogP contribution in [-0.2, 0) is 11.8 Å². The van der Waals surface area contributed by atoms with E-state index in [2.05, 4.69) is 20.2 Å². The predicted molar refractivity (Wildman–Crippen MR) is 110 cm³/mol. The van der Waals surface area contributed by atoms with E-state index in [4.69, 9.17) is 4.98 Å². The molecule has 0 bridgehead atoms. The number of aryl methyl sites for hydroxylation is 1. The van der Waals surface area contributed by atoms with Crippen LogP contribution in [0.4, 0.5) is 5.95 Å². The molecule has 0 aliphatic carbocycles. The van der Waals surface area contributed by atoms with Gasteiger partial charge in [-0.05, 0) is 12.5 Å². The van der Waals surface area contributed by atoms with Crippen LogP contribution >= 0.6 is 11.8 Å². The van der Waals surface area contributed by atoms with E-state index in [0.29, 0.717) is 11.7 Å². The standard InChI is InChI=1S/C20H22N6OS/c1-25-12-10-22-20(25)28-14-18(27)23-16-8-11-26(13-16)19-21-9-7-17(24-19)15-5-3-2-4-6-15/h2-7,9-10,12,16H,8,11,13-14H2,1H3,(H,23,27). The summed E-state index contributed by atoms with van der Waals surface area (Å²) in [4.78, 5) is 27.8. The molecule has 1 aliphatic rings. The molecule has 4 rings (SSSR count). The second-order valence-corrected chi connectivity index (χ2v) is 7.66. The minimum absolute atomic E-state index is 0.0267. The summed E-state index contributed by atoms with van der Waals surface area (Å²) >= 11 is 1.44. The molecular formula is C20H22N6OS. The molecule has 1 atom stereocenters. The Balaban J connectivity index is 1.33. The van der Waals surface area contributed by atoms with Gasteiger partial charge in [-0.3, -0.25) is 4.79 Å². The molecule has 1 amide bonds. The van der Waals surface area contributed by atoms with Crippen molar-refractivity contribution in [2.75, 3.05) is 23.7 Å². The van der Waals surface area contributed by atoms with Crippen LogP contribution in [0.5, 0.6) is 0 Å². The number of thioether (sulfide) groups is 1. The number of nitrogens with one attached hydrogen (secondary N) is 1. The molecule has 1 saturated heterocycles. The maximum Gasteiger partial charge on any atom is 0.230 e. The second kappa shape index (κ2) is 8.43. The van der Waals surface area contributed by atoms with Gasteiger partial charge in [-0.2, -0.15) is 0 Å². The Bertz CT molecular complexity index is 945. The summed E-state index contributed by atoms with van der Waals surface area (Å²) in [6.07, 6.45) is 6.29. The number of aromatic nitrogens is 4. The van der Waals surface area contributed by atoms with E-state index < -0.39 is 0 Å². The number of hydrogen-bond donors (Lipinski definition) is 1. The molecule has 1 aromatic carbocycles. The quantitative estimate of drug-likeness (QED) is 0.647. The molecule has 0 saturated carbocycles. The van der Waals surface area contributed by atoms with Crippen LogP contribution in [0, 0.1) is 0 Å². The maximum absolute atomic E-state index is 12.3. The van der Waals surface area contributed by atoms with Crippen molar-refractivity contribution in [1.82, 2.24) is 24.8 Å². The Kier molecular flexibility index (Phi) is 5.57. The normalized spacial score (nSPS) is 16.3. The zero-order valence-corrected chi connectivity index (χ0v) is 16.5. The maximum atomic E-state index is 12.3. The van der Waals surface area contributed by atoms with Gasteiger partial charge in [-0.1, -0.05) is 42.1 Å². The molecule has 7 nitrogen and oxygen atoms in total. The highest BCUT2D eigenvalue weighted by Gasteiger charge is 2.26. The van der Waals surface area contributed by atoms with E-state index in [1.54, 1.807) is 12.4 Å². The number of nitrogens with zero attached hydrogens (tertiary/aromatic N) is 5. The van der Waals surface area contributed by atoms with Gasteiger partial charge in [0.2, 0.25) is 11.9 Å². The molecule has 144 valence electrons. The molecule has 28 heavy (non-hydrogen) atoms. The van der Waals surface area contributed by atoms with Crippen LogP contribution in [0.2, 0.25) is 0 Å². The van der Waals surface area contributed by atoms with Crippen molar-refractivity contribution in [3.8, 4) is 11.3 Å². The average molecular weight is 395 g/mol. The van der Waals surface area contributed by atoms with Crippen molar-refractivity contribution in [3.63, 3.8) is 0 Å². The van der Waals surface area contributed by atoms with Gasteiger partial charge < -0.3 is 14.8 Å². The number of carbonyl (C=O) groups is 1. The number of rotatable bonds is 6. The Morgan fingerprint density at radius 1 is 1.21 bits per heavy atom. The lowest BCUT2D eigenvalue weighted by atomic mass is 10.1.